The third-order valence-corrected chi connectivity index (χ3v) is 13.3. The highest BCUT2D eigenvalue weighted by Gasteiger charge is 2.51. The van der Waals surface area contributed by atoms with Crippen LogP contribution in [-0.4, -0.2) is 0 Å². The van der Waals surface area contributed by atoms with Gasteiger partial charge >= 0.3 is 0 Å². The summed E-state index contributed by atoms with van der Waals surface area (Å²) in [5.41, 5.74) is 5.24. The van der Waals surface area contributed by atoms with Gasteiger partial charge in [-0.15, -0.1) is 0 Å². The number of rotatable bonds is 4. The lowest BCUT2D eigenvalue weighted by molar-refractivity contribution is -0.00512. The Morgan fingerprint density at radius 1 is 0.481 bits per heavy atom. The van der Waals surface area contributed by atoms with Crippen molar-refractivity contribution in [2.75, 3.05) is 0 Å². The van der Waals surface area contributed by atoms with Crippen molar-refractivity contribution in [2.45, 2.75) is 70.1 Å². The molecule has 4 aliphatic carbocycles. The molecule has 8 aromatic rings. The number of hydrogen-bond donors (Lipinski definition) is 0. The maximum absolute atomic E-state index is 10.5. The predicted octanol–water partition coefficient (Wildman–Crippen LogP) is 15.1. The van der Waals surface area contributed by atoms with Gasteiger partial charge in [0, 0.05) is 0 Å². The SMILES string of the molecule is [2H]c1c(-c2cccc3ccccc23)c([2H])c2c(-c3ccc(C(C)(C)C)c4ccccc34)c3c([2H])c([2H])c(C45CC6CC(CC(C6)C4)C5)c([2H])c3c(-c3ccccc3)c2c1[2H]. The molecular formula is C54H48. The van der Waals surface area contributed by atoms with Crippen LogP contribution >= 0.6 is 0 Å². The van der Waals surface area contributed by atoms with E-state index in [-0.39, 0.29) is 47.1 Å². The summed E-state index contributed by atoms with van der Waals surface area (Å²) in [6.07, 6.45) is 6.53. The highest BCUT2D eigenvalue weighted by atomic mass is 14.6. The minimum Gasteiger partial charge on any atom is -0.0622 e. The fraction of sp³-hybridized carbons (Fsp3) is 0.259. The van der Waals surface area contributed by atoms with E-state index in [9.17, 15) is 8.22 Å². The highest BCUT2D eigenvalue weighted by molar-refractivity contribution is 6.24. The molecule has 0 aliphatic heterocycles. The van der Waals surface area contributed by atoms with Crippen LogP contribution in [-0.2, 0) is 10.8 Å². The molecule has 0 saturated heterocycles. The molecular weight excluding hydrogens is 649 g/mol. The van der Waals surface area contributed by atoms with Crippen LogP contribution < -0.4 is 0 Å². The zero-order chi connectivity index (χ0) is 41.4. The monoisotopic (exact) mass is 702 g/mol. The van der Waals surface area contributed by atoms with Gasteiger partial charge in [0.2, 0.25) is 0 Å². The Morgan fingerprint density at radius 2 is 1.09 bits per heavy atom. The zero-order valence-electron chi connectivity index (χ0n) is 37.4. The van der Waals surface area contributed by atoms with Gasteiger partial charge in [0.25, 0.3) is 0 Å². The molecule has 4 bridgehead atoms. The standard InChI is InChI=1S/C54H48/c1-53(2,3)50-25-24-45(43-17-9-10-18-44(43)50)52-47-23-21-40(54-31-34-26-35(32-54)28-36(27-34)33-54)30-49(47)51(38-13-5-4-6-14-38)46-22-20-39(29-48(46)52)42-19-11-15-37-12-7-8-16-41(37)42/h4-25,29-30,34-36H,26-28,31-33H2,1-3H3/i20D,21D,22D,23D,29D,30D. The maximum Gasteiger partial charge on any atom is 0.0636 e. The van der Waals surface area contributed by atoms with Crippen LogP contribution in [0.5, 0.6) is 0 Å². The topological polar surface area (TPSA) is 0 Å². The maximum atomic E-state index is 10.5. The molecule has 0 N–H and O–H groups in total. The number of fused-ring (bicyclic) bond motifs is 4. The summed E-state index contributed by atoms with van der Waals surface area (Å²) >= 11 is 0. The summed E-state index contributed by atoms with van der Waals surface area (Å²) < 4.78 is 61.2. The molecule has 264 valence electrons. The van der Waals surface area contributed by atoms with E-state index in [1.54, 1.807) is 0 Å². The van der Waals surface area contributed by atoms with Crippen molar-refractivity contribution >= 4 is 43.1 Å². The van der Waals surface area contributed by atoms with Gasteiger partial charge < -0.3 is 0 Å². The molecule has 0 amide bonds. The van der Waals surface area contributed by atoms with Crippen LogP contribution in [0.25, 0.3) is 76.5 Å². The van der Waals surface area contributed by atoms with Crippen molar-refractivity contribution in [2.24, 2.45) is 17.8 Å². The van der Waals surface area contributed by atoms with Crippen molar-refractivity contribution in [3.63, 3.8) is 0 Å². The highest BCUT2D eigenvalue weighted by Crippen LogP contribution is 2.61. The molecule has 4 fully saturated rings. The Balaban J connectivity index is 1.39. The largest absolute Gasteiger partial charge is 0.0636 e. The second kappa shape index (κ2) is 11.9. The van der Waals surface area contributed by atoms with E-state index in [1.165, 1.54) is 24.8 Å². The Hall–Kier alpha value is -5.20. The van der Waals surface area contributed by atoms with E-state index in [4.69, 9.17) is 0 Å². The fourth-order valence-electron chi connectivity index (χ4n) is 11.4. The first-order chi connectivity index (χ1) is 28.9. The average Bonchev–Trinajstić information content (AvgIpc) is 3.23. The van der Waals surface area contributed by atoms with Crippen molar-refractivity contribution in [3.05, 3.63) is 157 Å². The molecule has 0 spiro atoms. The molecule has 8 aromatic carbocycles. The molecule has 4 saturated carbocycles. The molecule has 0 aromatic heterocycles. The summed E-state index contributed by atoms with van der Waals surface area (Å²) in [4.78, 5) is 0. The summed E-state index contributed by atoms with van der Waals surface area (Å²) in [6, 6.07) is 37.0. The minimum atomic E-state index is -0.333. The first kappa shape index (κ1) is 26.6. The fourth-order valence-corrected chi connectivity index (χ4v) is 11.4. The molecule has 0 heterocycles. The predicted molar refractivity (Wildman–Crippen MR) is 231 cm³/mol. The van der Waals surface area contributed by atoms with Crippen molar-refractivity contribution < 1.29 is 8.22 Å². The van der Waals surface area contributed by atoms with Gasteiger partial charge in [0.15, 0.2) is 0 Å². The molecule has 0 atom stereocenters. The summed E-state index contributed by atoms with van der Waals surface area (Å²) in [7, 11) is 0. The Labute approximate surface area is 328 Å². The summed E-state index contributed by atoms with van der Waals surface area (Å²) in [5, 5.41) is 5.87. The third kappa shape index (κ3) is 4.95. The minimum absolute atomic E-state index is 0.00112. The normalized spacial score (nSPS) is 23.7. The van der Waals surface area contributed by atoms with Gasteiger partial charge in [-0.2, -0.15) is 0 Å². The summed E-state index contributed by atoms with van der Waals surface area (Å²) in [5.74, 6) is 1.74. The van der Waals surface area contributed by atoms with Gasteiger partial charge in [-0.05, 0) is 167 Å². The number of hydrogen-bond acceptors (Lipinski definition) is 0. The molecule has 12 rings (SSSR count). The first-order valence-electron chi connectivity index (χ1n) is 23.0. The van der Waals surface area contributed by atoms with Gasteiger partial charge in [0.1, 0.15) is 0 Å². The van der Waals surface area contributed by atoms with Gasteiger partial charge in [-0.25, -0.2) is 0 Å². The average molecular weight is 703 g/mol. The van der Waals surface area contributed by atoms with Crippen LogP contribution in [0.1, 0.15) is 78.6 Å². The number of benzene rings is 8. The van der Waals surface area contributed by atoms with Crippen LogP contribution in [0.2, 0.25) is 0 Å². The smallest absolute Gasteiger partial charge is 0.0622 e. The molecule has 0 radical (unpaired) electrons. The van der Waals surface area contributed by atoms with Gasteiger partial charge in [-0.3, -0.25) is 0 Å². The van der Waals surface area contributed by atoms with Gasteiger partial charge in [0.05, 0.1) is 8.22 Å². The van der Waals surface area contributed by atoms with E-state index >= 15 is 0 Å². The molecule has 0 heteroatoms. The Kier molecular flexibility index (Phi) is 5.85. The van der Waals surface area contributed by atoms with Crippen LogP contribution in [0.15, 0.2) is 145 Å². The second-order valence-electron chi connectivity index (χ2n) is 17.8. The lowest BCUT2D eigenvalue weighted by Crippen LogP contribution is -2.48. The van der Waals surface area contributed by atoms with E-state index < -0.39 is 0 Å². The van der Waals surface area contributed by atoms with Crippen molar-refractivity contribution in [3.8, 4) is 33.4 Å². The van der Waals surface area contributed by atoms with E-state index in [0.29, 0.717) is 67.1 Å². The molecule has 4 aliphatic rings. The van der Waals surface area contributed by atoms with Crippen LogP contribution in [0.4, 0.5) is 0 Å². The molecule has 54 heavy (non-hydrogen) atoms. The molecule has 0 unspecified atom stereocenters. The molecule has 0 nitrogen and oxygen atoms in total. The first-order valence-corrected chi connectivity index (χ1v) is 20.0. The Bertz CT molecular complexity index is 3080. The lowest BCUT2D eigenvalue weighted by Gasteiger charge is -2.57. The van der Waals surface area contributed by atoms with Crippen molar-refractivity contribution in [1.29, 1.82) is 0 Å². The van der Waals surface area contributed by atoms with E-state index in [0.717, 1.165) is 51.9 Å². The summed E-state index contributed by atoms with van der Waals surface area (Å²) in [6.45, 7) is 6.63. The van der Waals surface area contributed by atoms with E-state index in [2.05, 4.69) is 51.1 Å². The van der Waals surface area contributed by atoms with E-state index in [1.807, 2.05) is 78.9 Å². The zero-order valence-corrected chi connectivity index (χ0v) is 31.4. The third-order valence-electron chi connectivity index (χ3n) is 13.3. The quantitative estimate of drug-likeness (QED) is 0.160. The Morgan fingerprint density at radius 3 is 1.83 bits per heavy atom. The van der Waals surface area contributed by atoms with Crippen molar-refractivity contribution in [1.82, 2.24) is 0 Å². The lowest BCUT2D eigenvalue weighted by atomic mass is 9.48. The second-order valence-corrected chi connectivity index (χ2v) is 17.8. The van der Waals surface area contributed by atoms with Crippen LogP contribution in [0, 0.1) is 17.8 Å². The van der Waals surface area contributed by atoms with Gasteiger partial charge in [-0.1, -0.05) is 154 Å². The van der Waals surface area contributed by atoms with Crippen LogP contribution in [0.3, 0.4) is 0 Å².